The summed E-state index contributed by atoms with van der Waals surface area (Å²) in [6.07, 6.45) is 1.94. The van der Waals surface area contributed by atoms with E-state index in [0.29, 0.717) is 31.7 Å². The number of amides is 1. The number of hydrogen-bond acceptors (Lipinski definition) is 4. The van der Waals surface area contributed by atoms with Gasteiger partial charge in [-0.15, -0.1) is 11.8 Å². The van der Waals surface area contributed by atoms with Crippen LogP contribution < -0.4 is 0 Å². The summed E-state index contributed by atoms with van der Waals surface area (Å²) in [6.45, 7) is 1.50. The highest BCUT2D eigenvalue weighted by molar-refractivity contribution is 7.98. The molecule has 0 unspecified atom stereocenters. The average Bonchev–Trinajstić information content (AvgIpc) is 2.68. The van der Waals surface area contributed by atoms with Gasteiger partial charge in [-0.1, -0.05) is 42.5 Å². The van der Waals surface area contributed by atoms with Gasteiger partial charge in [-0.3, -0.25) is 4.79 Å². The number of nitrogens with zero attached hydrogens (tertiary/aromatic N) is 2. The van der Waals surface area contributed by atoms with E-state index in [2.05, 4.69) is 0 Å². The molecule has 0 saturated carbocycles. The van der Waals surface area contributed by atoms with E-state index in [1.165, 1.54) is 16.1 Å². The third-order valence-corrected chi connectivity index (χ3v) is 7.09. The lowest BCUT2D eigenvalue weighted by Crippen LogP contribution is -2.50. The fraction of sp³-hybridized carbons (Fsp3) is 0.316. The summed E-state index contributed by atoms with van der Waals surface area (Å²) in [7, 11) is -3.37. The van der Waals surface area contributed by atoms with Crippen molar-refractivity contribution < 1.29 is 13.2 Å². The first kappa shape index (κ1) is 18.9. The number of thioether (sulfide) groups is 1. The summed E-state index contributed by atoms with van der Waals surface area (Å²) >= 11 is 1.54. The number of carbonyl (C=O) groups is 1. The fourth-order valence-electron chi connectivity index (χ4n) is 3.04. The lowest BCUT2D eigenvalue weighted by Gasteiger charge is -2.34. The van der Waals surface area contributed by atoms with E-state index in [-0.39, 0.29) is 11.7 Å². The molecule has 7 heteroatoms. The molecular formula is C19H22N2O3S2. The molecule has 5 nitrogen and oxygen atoms in total. The molecule has 0 atom stereocenters. The van der Waals surface area contributed by atoms with E-state index >= 15 is 0 Å². The van der Waals surface area contributed by atoms with E-state index in [1.54, 1.807) is 4.90 Å². The third kappa shape index (κ3) is 4.28. The molecule has 0 radical (unpaired) electrons. The molecule has 2 aromatic carbocycles. The van der Waals surface area contributed by atoms with Crippen LogP contribution in [0.5, 0.6) is 0 Å². The molecule has 2 aromatic rings. The number of sulfonamides is 1. The van der Waals surface area contributed by atoms with Gasteiger partial charge in [0.15, 0.2) is 0 Å². The molecule has 0 aromatic heterocycles. The molecular weight excluding hydrogens is 368 g/mol. The highest BCUT2D eigenvalue weighted by Crippen LogP contribution is 2.22. The van der Waals surface area contributed by atoms with Crippen molar-refractivity contribution in [3.63, 3.8) is 0 Å². The molecule has 1 saturated heterocycles. The SMILES string of the molecule is CSc1ccccc1C(=O)N1CCN(S(=O)(=O)Cc2ccccc2)CC1. The molecule has 138 valence electrons. The Bertz CT molecular complexity index is 861. The maximum atomic E-state index is 12.8. The van der Waals surface area contributed by atoms with E-state index in [9.17, 15) is 13.2 Å². The standard InChI is InChI=1S/C19H22N2O3S2/c1-25-18-10-6-5-9-17(18)19(22)20-11-13-21(14-12-20)26(23,24)15-16-7-3-2-4-8-16/h2-10H,11-15H2,1H3. The van der Waals surface area contributed by atoms with E-state index in [4.69, 9.17) is 0 Å². The Kier molecular flexibility index (Phi) is 6.01. The topological polar surface area (TPSA) is 57.7 Å². The Morgan fingerprint density at radius 1 is 0.962 bits per heavy atom. The van der Waals surface area contributed by atoms with Crippen LogP contribution in [0, 0.1) is 0 Å². The van der Waals surface area contributed by atoms with E-state index in [1.807, 2.05) is 60.9 Å². The van der Waals surface area contributed by atoms with Crippen molar-refractivity contribution in [3.8, 4) is 0 Å². The molecule has 3 rings (SSSR count). The molecule has 0 N–H and O–H groups in total. The van der Waals surface area contributed by atoms with Crippen molar-refractivity contribution in [2.75, 3.05) is 32.4 Å². The van der Waals surface area contributed by atoms with Gasteiger partial charge < -0.3 is 4.90 Å². The van der Waals surface area contributed by atoms with Crippen LogP contribution in [0.3, 0.4) is 0 Å². The maximum Gasteiger partial charge on any atom is 0.255 e. The van der Waals surface area contributed by atoms with Crippen LogP contribution in [0.2, 0.25) is 0 Å². The molecule has 1 heterocycles. The van der Waals surface area contributed by atoms with Crippen molar-refractivity contribution in [3.05, 3.63) is 65.7 Å². The molecule has 0 spiro atoms. The molecule has 1 amide bonds. The normalized spacial score (nSPS) is 15.8. The maximum absolute atomic E-state index is 12.8. The Hall–Kier alpha value is -1.83. The number of piperazine rings is 1. The highest BCUT2D eigenvalue weighted by atomic mass is 32.2. The minimum absolute atomic E-state index is 0.00288. The van der Waals surface area contributed by atoms with Crippen LogP contribution >= 0.6 is 11.8 Å². The second-order valence-electron chi connectivity index (χ2n) is 6.13. The molecule has 1 aliphatic rings. The van der Waals surface area contributed by atoms with Crippen molar-refractivity contribution in [2.24, 2.45) is 0 Å². The molecule has 0 aliphatic carbocycles. The van der Waals surface area contributed by atoms with Gasteiger partial charge in [0.2, 0.25) is 10.0 Å². The van der Waals surface area contributed by atoms with Gasteiger partial charge in [0.1, 0.15) is 0 Å². The number of rotatable bonds is 5. The summed E-state index contributed by atoms with van der Waals surface area (Å²) in [6, 6.07) is 16.7. The van der Waals surface area contributed by atoms with Gasteiger partial charge in [-0.25, -0.2) is 8.42 Å². The monoisotopic (exact) mass is 390 g/mol. The predicted molar refractivity (Wildman–Crippen MR) is 105 cm³/mol. The minimum Gasteiger partial charge on any atom is -0.336 e. The van der Waals surface area contributed by atoms with Crippen molar-refractivity contribution >= 4 is 27.7 Å². The second-order valence-corrected chi connectivity index (χ2v) is 8.95. The first-order valence-electron chi connectivity index (χ1n) is 8.45. The van der Waals surface area contributed by atoms with Gasteiger partial charge in [-0.2, -0.15) is 4.31 Å². The zero-order valence-corrected chi connectivity index (χ0v) is 16.3. The third-order valence-electron chi connectivity index (χ3n) is 4.45. The molecule has 1 aliphatic heterocycles. The number of carbonyl (C=O) groups excluding carboxylic acids is 1. The largest absolute Gasteiger partial charge is 0.336 e. The summed E-state index contributed by atoms with van der Waals surface area (Å²) in [5.41, 5.74) is 1.46. The molecule has 0 bridgehead atoms. The zero-order chi connectivity index (χ0) is 18.6. The van der Waals surface area contributed by atoms with Gasteiger partial charge in [0.05, 0.1) is 11.3 Å². The Labute approximate surface area is 159 Å². The lowest BCUT2D eigenvalue weighted by molar-refractivity contribution is 0.0694. The van der Waals surface area contributed by atoms with E-state index in [0.717, 1.165) is 10.5 Å². The van der Waals surface area contributed by atoms with Crippen LogP contribution in [-0.4, -0.2) is 56.0 Å². The van der Waals surface area contributed by atoms with Crippen molar-refractivity contribution in [2.45, 2.75) is 10.6 Å². The van der Waals surface area contributed by atoms with Crippen LogP contribution in [0.4, 0.5) is 0 Å². The minimum atomic E-state index is -3.37. The fourth-order valence-corrected chi connectivity index (χ4v) is 5.14. The van der Waals surface area contributed by atoms with Crippen LogP contribution in [0.1, 0.15) is 15.9 Å². The Balaban J connectivity index is 1.64. The second kappa shape index (κ2) is 8.24. The first-order chi connectivity index (χ1) is 12.5. The van der Waals surface area contributed by atoms with E-state index < -0.39 is 10.0 Å². The predicted octanol–water partition coefficient (Wildman–Crippen LogP) is 2.70. The van der Waals surface area contributed by atoms with Crippen molar-refractivity contribution in [1.82, 2.24) is 9.21 Å². The summed E-state index contributed by atoms with van der Waals surface area (Å²) < 4.78 is 26.7. The van der Waals surface area contributed by atoms with Crippen molar-refractivity contribution in [1.29, 1.82) is 0 Å². The smallest absolute Gasteiger partial charge is 0.255 e. The molecule has 1 fully saturated rings. The van der Waals surface area contributed by atoms with Gasteiger partial charge in [0, 0.05) is 31.1 Å². The lowest BCUT2D eigenvalue weighted by atomic mass is 10.2. The number of hydrogen-bond donors (Lipinski definition) is 0. The quantitative estimate of drug-likeness (QED) is 0.737. The van der Waals surface area contributed by atoms with Gasteiger partial charge in [-0.05, 0) is 24.0 Å². The van der Waals surface area contributed by atoms with Gasteiger partial charge >= 0.3 is 0 Å². The summed E-state index contributed by atoms with van der Waals surface area (Å²) in [5, 5.41) is 0. The van der Waals surface area contributed by atoms with Crippen LogP contribution in [0.15, 0.2) is 59.5 Å². The Morgan fingerprint density at radius 3 is 2.23 bits per heavy atom. The Morgan fingerprint density at radius 2 is 1.58 bits per heavy atom. The van der Waals surface area contributed by atoms with Gasteiger partial charge in [0.25, 0.3) is 5.91 Å². The average molecular weight is 391 g/mol. The summed E-state index contributed by atoms with van der Waals surface area (Å²) in [4.78, 5) is 15.5. The zero-order valence-electron chi connectivity index (χ0n) is 14.7. The highest BCUT2D eigenvalue weighted by Gasteiger charge is 2.29. The summed E-state index contributed by atoms with van der Waals surface area (Å²) in [5.74, 6) is -0.0352. The number of benzene rings is 2. The first-order valence-corrected chi connectivity index (χ1v) is 11.3. The molecule has 26 heavy (non-hydrogen) atoms. The van der Waals surface area contributed by atoms with Crippen LogP contribution in [0.25, 0.3) is 0 Å². The van der Waals surface area contributed by atoms with Crippen LogP contribution in [-0.2, 0) is 15.8 Å².